The van der Waals surface area contributed by atoms with Gasteiger partial charge in [-0.1, -0.05) is 0 Å². The first kappa shape index (κ1) is 9.76. The van der Waals surface area contributed by atoms with Crippen LogP contribution in [0.25, 0.3) is 0 Å². The normalized spacial score (nSPS) is 14.9. The van der Waals surface area contributed by atoms with Gasteiger partial charge in [-0.15, -0.1) is 0 Å². The summed E-state index contributed by atoms with van der Waals surface area (Å²) in [5, 5.41) is 12.0. The van der Waals surface area contributed by atoms with Crippen molar-refractivity contribution in [2.45, 2.75) is 12.8 Å². The van der Waals surface area contributed by atoms with E-state index in [4.69, 9.17) is 10.8 Å². The first-order valence-electron chi connectivity index (χ1n) is 4.89. The number of carboxylic acids is 1. The molecule has 0 aromatic carbocycles. The Labute approximate surface area is 87.3 Å². The molecule has 0 spiro atoms. The molecule has 0 atom stereocenters. The van der Waals surface area contributed by atoms with Crippen molar-refractivity contribution < 1.29 is 9.90 Å². The van der Waals surface area contributed by atoms with Crippen LogP contribution in [-0.2, 0) is 0 Å². The van der Waals surface area contributed by atoms with Gasteiger partial charge < -0.3 is 16.2 Å². The Balaban J connectivity index is 2.15. The van der Waals surface area contributed by atoms with Gasteiger partial charge in [-0.05, 0) is 24.8 Å². The Bertz CT molecular complexity index is 388. The van der Waals surface area contributed by atoms with E-state index in [1.54, 1.807) is 0 Å². The summed E-state index contributed by atoms with van der Waals surface area (Å²) in [6.45, 7) is 0.789. The summed E-state index contributed by atoms with van der Waals surface area (Å²) in [5.41, 5.74) is 5.98. The molecule has 1 aromatic heterocycles. The van der Waals surface area contributed by atoms with Gasteiger partial charge in [-0.2, -0.15) is 0 Å². The van der Waals surface area contributed by atoms with Crippen molar-refractivity contribution in [3.63, 3.8) is 0 Å². The molecule has 0 unspecified atom stereocenters. The standard InChI is InChI=1S/C10H13N3O2/c11-7-3-8(10(14)15)9(13-5-7)12-4-6-1-2-6/h3,5-6H,1-2,4,11H2,(H,12,13)(H,14,15). The van der Waals surface area contributed by atoms with E-state index in [0.717, 1.165) is 6.54 Å². The van der Waals surface area contributed by atoms with Gasteiger partial charge in [0.05, 0.1) is 11.9 Å². The van der Waals surface area contributed by atoms with Gasteiger partial charge in [0.1, 0.15) is 11.4 Å². The summed E-state index contributed by atoms with van der Waals surface area (Å²) >= 11 is 0. The van der Waals surface area contributed by atoms with Gasteiger partial charge >= 0.3 is 5.97 Å². The lowest BCUT2D eigenvalue weighted by Crippen LogP contribution is -2.11. The van der Waals surface area contributed by atoms with Crippen LogP contribution in [0.5, 0.6) is 0 Å². The Morgan fingerprint density at radius 2 is 2.40 bits per heavy atom. The van der Waals surface area contributed by atoms with Gasteiger partial charge in [-0.3, -0.25) is 0 Å². The zero-order chi connectivity index (χ0) is 10.8. The van der Waals surface area contributed by atoms with E-state index in [0.29, 0.717) is 17.4 Å². The lowest BCUT2D eigenvalue weighted by molar-refractivity contribution is 0.0697. The van der Waals surface area contributed by atoms with Crippen molar-refractivity contribution in [2.24, 2.45) is 5.92 Å². The summed E-state index contributed by atoms with van der Waals surface area (Å²) < 4.78 is 0. The van der Waals surface area contributed by atoms with E-state index >= 15 is 0 Å². The quantitative estimate of drug-likeness (QED) is 0.690. The topological polar surface area (TPSA) is 88.2 Å². The highest BCUT2D eigenvalue weighted by Crippen LogP contribution is 2.29. The molecule has 0 aliphatic heterocycles. The number of aromatic nitrogens is 1. The summed E-state index contributed by atoms with van der Waals surface area (Å²) in [5.74, 6) is 0.0719. The average Bonchev–Trinajstić information content (AvgIpc) is 2.99. The van der Waals surface area contributed by atoms with Crippen LogP contribution in [0.2, 0.25) is 0 Å². The zero-order valence-electron chi connectivity index (χ0n) is 8.23. The first-order chi connectivity index (χ1) is 7.16. The zero-order valence-corrected chi connectivity index (χ0v) is 8.23. The Morgan fingerprint density at radius 3 is 3.00 bits per heavy atom. The van der Waals surface area contributed by atoms with Crippen molar-refractivity contribution in [2.75, 3.05) is 17.6 Å². The van der Waals surface area contributed by atoms with Crippen LogP contribution in [0, 0.1) is 5.92 Å². The SMILES string of the molecule is Nc1cnc(NCC2CC2)c(C(=O)O)c1. The lowest BCUT2D eigenvalue weighted by atomic mass is 10.2. The van der Waals surface area contributed by atoms with Crippen LogP contribution >= 0.6 is 0 Å². The predicted octanol–water partition coefficient (Wildman–Crippen LogP) is 1.18. The molecule has 0 amide bonds. The first-order valence-corrected chi connectivity index (χ1v) is 4.89. The fourth-order valence-electron chi connectivity index (χ4n) is 1.35. The number of carboxylic acid groups (broad SMARTS) is 1. The molecule has 0 radical (unpaired) electrons. The average molecular weight is 207 g/mol. The number of nitrogen functional groups attached to an aromatic ring is 1. The van der Waals surface area contributed by atoms with Gasteiger partial charge in [0.15, 0.2) is 0 Å². The summed E-state index contributed by atoms with van der Waals surface area (Å²) in [6.07, 6.45) is 3.89. The van der Waals surface area contributed by atoms with Crippen molar-refractivity contribution >= 4 is 17.5 Å². The van der Waals surface area contributed by atoms with E-state index in [9.17, 15) is 4.79 Å². The van der Waals surface area contributed by atoms with E-state index in [1.807, 2.05) is 0 Å². The van der Waals surface area contributed by atoms with Crippen LogP contribution in [0.3, 0.4) is 0 Å². The molecule has 1 aromatic rings. The van der Waals surface area contributed by atoms with E-state index < -0.39 is 5.97 Å². The van der Waals surface area contributed by atoms with E-state index in [-0.39, 0.29) is 5.56 Å². The maximum absolute atomic E-state index is 10.9. The number of hydrogen-bond acceptors (Lipinski definition) is 4. The third kappa shape index (κ3) is 2.37. The fourth-order valence-corrected chi connectivity index (χ4v) is 1.35. The molecule has 4 N–H and O–H groups in total. The van der Waals surface area contributed by atoms with Crippen molar-refractivity contribution in [3.05, 3.63) is 17.8 Å². The minimum absolute atomic E-state index is 0.135. The number of carbonyl (C=O) groups is 1. The molecule has 5 nitrogen and oxygen atoms in total. The van der Waals surface area contributed by atoms with Crippen molar-refractivity contribution in [1.82, 2.24) is 4.98 Å². The second kappa shape index (κ2) is 3.76. The second-order valence-electron chi connectivity index (χ2n) is 3.79. The smallest absolute Gasteiger partial charge is 0.339 e. The third-order valence-corrected chi connectivity index (χ3v) is 2.39. The van der Waals surface area contributed by atoms with Gasteiger partial charge in [0.2, 0.25) is 0 Å². The molecule has 1 heterocycles. The molecular formula is C10H13N3O2. The number of nitrogens with zero attached hydrogens (tertiary/aromatic N) is 1. The number of pyridine rings is 1. The van der Waals surface area contributed by atoms with E-state index in [1.165, 1.54) is 25.1 Å². The van der Waals surface area contributed by atoms with Crippen molar-refractivity contribution in [1.29, 1.82) is 0 Å². The maximum atomic E-state index is 10.9. The Kier molecular flexibility index (Phi) is 2.45. The molecule has 5 heteroatoms. The van der Waals surface area contributed by atoms with Crippen LogP contribution in [0.1, 0.15) is 23.2 Å². The molecule has 80 valence electrons. The second-order valence-corrected chi connectivity index (χ2v) is 3.79. The Morgan fingerprint density at radius 1 is 1.67 bits per heavy atom. The summed E-state index contributed by atoms with van der Waals surface area (Å²) in [7, 11) is 0. The summed E-state index contributed by atoms with van der Waals surface area (Å²) in [6, 6.07) is 1.42. The molecule has 1 aliphatic rings. The minimum Gasteiger partial charge on any atom is -0.478 e. The molecule has 1 aliphatic carbocycles. The fraction of sp³-hybridized carbons (Fsp3) is 0.400. The molecule has 1 saturated carbocycles. The molecule has 2 rings (SSSR count). The number of rotatable bonds is 4. The minimum atomic E-state index is -1.01. The van der Waals surface area contributed by atoms with E-state index in [2.05, 4.69) is 10.3 Å². The van der Waals surface area contributed by atoms with Crippen LogP contribution in [0.15, 0.2) is 12.3 Å². The predicted molar refractivity (Wildman–Crippen MR) is 56.8 cm³/mol. The largest absolute Gasteiger partial charge is 0.478 e. The number of nitrogens with one attached hydrogen (secondary N) is 1. The van der Waals surface area contributed by atoms with Gasteiger partial charge in [0, 0.05) is 6.54 Å². The van der Waals surface area contributed by atoms with Crippen LogP contribution < -0.4 is 11.1 Å². The third-order valence-electron chi connectivity index (χ3n) is 2.39. The highest BCUT2D eigenvalue weighted by atomic mass is 16.4. The monoisotopic (exact) mass is 207 g/mol. The highest BCUT2D eigenvalue weighted by Gasteiger charge is 2.22. The van der Waals surface area contributed by atoms with Crippen LogP contribution in [0.4, 0.5) is 11.5 Å². The number of aromatic carboxylic acids is 1. The van der Waals surface area contributed by atoms with Crippen molar-refractivity contribution in [3.8, 4) is 0 Å². The molecule has 0 bridgehead atoms. The van der Waals surface area contributed by atoms with Gasteiger partial charge in [-0.25, -0.2) is 9.78 Å². The maximum Gasteiger partial charge on any atom is 0.339 e. The Hall–Kier alpha value is -1.78. The highest BCUT2D eigenvalue weighted by molar-refractivity contribution is 5.94. The molecule has 0 saturated heterocycles. The van der Waals surface area contributed by atoms with Gasteiger partial charge in [0.25, 0.3) is 0 Å². The number of anilines is 2. The number of nitrogens with two attached hydrogens (primary N) is 1. The van der Waals surface area contributed by atoms with Crippen LogP contribution in [-0.4, -0.2) is 22.6 Å². The molecule has 15 heavy (non-hydrogen) atoms. The summed E-state index contributed by atoms with van der Waals surface area (Å²) in [4.78, 5) is 14.9. The molecule has 1 fully saturated rings. The molecular weight excluding hydrogens is 194 g/mol. The lowest BCUT2D eigenvalue weighted by Gasteiger charge is -2.08. The number of hydrogen-bond donors (Lipinski definition) is 3.